The summed E-state index contributed by atoms with van der Waals surface area (Å²) in [6.45, 7) is 0. The van der Waals surface area contributed by atoms with Crippen LogP contribution in [0, 0.1) is 0 Å². The number of para-hydroxylation sites is 6. The van der Waals surface area contributed by atoms with Gasteiger partial charge in [-0.25, -0.2) is 9.97 Å². The predicted octanol–water partition coefficient (Wildman–Crippen LogP) is 18.8. The Hall–Kier alpha value is -12.1. The minimum Gasteiger partial charge on any atom is -0.309 e. The van der Waals surface area contributed by atoms with Gasteiger partial charge in [0.05, 0.1) is 44.1 Å². The summed E-state index contributed by atoms with van der Waals surface area (Å²) in [6, 6.07) is 102. The van der Waals surface area contributed by atoms with Gasteiger partial charge in [0.2, 0.25) is 11.9 Å². The average Bonchev–Trinajstić information content (AvgIpc) is 1.62. The maximum Gasteiger partial charge on any atom is 0.238 e. The first kappa shape index (κ1) is 49.3. The fourth-order valence-corrected chi connectivity index (χ4v) is 13.4. The molecule has 0 aliphatic carbocycles. The van der Waals surface area contributed by atoms with Crippen molar-refractivity contribution in [3.8, 4) is 79.9 Å². The number of hydrogen-bond donors (Lipinski definition) is 0. The number of rotatable bonds is 9. The highest BCUT2D eigenvalue weighted by Gasteiger charge is 2.26. The highest BCUT2D eigenvalue weighted by molar-refractivity contribution is 6.27. The smallest absolute Gasteiger partial charge is 0.238 e. The molecular formula is C78H48N10. The number of nitrogens with zero attached hydrogens (tertiary/aromatic N) is 10. The fraction of sp³-hybridized carbons (Fsp3) is 0. The molecule has 0 N–H and O–H groups in total. The van der Waals surface area contributed by atoms with Crippen molar-refractivity contribution >= 4 is 87.2 Å². The first-order valence-electron chi connectivity index (χ1n) is 29.5. The zero-order valence-electron chi connectivity index (χ0n) is 47.2. The van der Waals surface area contributed by atoms with E-state index in [1.807, 2.05) is 36.4 Å². The standard InChI is InChI=1S/C78H48N10/c1-5-22-50(23-6-1)73-79-75(83-77(81-73)87-63-36-17-13-32-57(63)59-44-46-67-69(71(59)87)61-34-15-19-38-65(61)85(67)55-28-9-3-10-29-55)52-42-40-49(41-43-52)53-26-21-27-54(48-53)76-80-74(51-24-7-2-8-25-51)82-78(84-76)88-64-37-18-14-33-58(64)60-45-47-68-70(72(60)88)62-35-16-20-39-66(62)86(68)56-30-11-4-12-31-56/h1-48H. The molecule has 0 saturated heterocycles. The van der Waals surface area contributed by atoms with Gasteiger partial charge in [0.1, 0.15) is 0 Å². The first-order valence-corrected chi connectivity index (χ1v) is 29.5. The van der Waals surface area contributed by atoms with Crippen LogP contribution in [0.1, 0.15) is 0 Å². The second kappa shape index (κ2) is 19.7. The molecule has 6 aromatic heterocycles. The highest BCUT2D eigenvalue weighted by Crippen LogP contribution is 2.44. The topological polar surface area (TPSA) is 97.1 Å². The lowest BCUT2D eigenvalue weighted by molar-refractivity contribution is 0.955. The fourth-order valence-electron chi connectivity index (χ4n) is 13.4. The van der Waals surface area contributed by atoms with Crippen LogP contribution in [0.15, 0.2) is 291 Å². The molecule has 0 amide bonds. The molecule has 18 rings (SSSR count). The van der Waals surface area contributed by atoms with Crippen LogP contribution in [-0.4, -0.2) is 48.2 Å². The van der Waals surface area contributed by atoms with Crippen LogP contribution in [0.5, 0.6) is 0 Å². The van der Waals surface area contributed by atoms with E-state index < -0.39 is 0 Å². The molecule has 0 fully saturated rings. The normalized spacial score (nSPS) is 11.9. The third kappa shape index (κ3) is 7.69. The number of aromatic nitrogens is 10. The van der Waals surface area contributed by atoms with Crippen molar-refractivity contribution in [2.75, 3.05) is 0 Å². The summed E-state index contributed by atoms with van der Waals surface area (Å²) < 4.78 is 9.21. The van der Waals surface area contributed by atoms with Crippen LogP contribution < -0.4 is 0 Å². The van der Waals surface area contributed by atoms with Gasteiger partial charge in [0.15, 0.2) is 23.3 Å². The maximum absolute atomic E-state index is 5.47. The molecule has 88 heavy (non-hydrogen) atoms. The van der Waals surface area contributed by atoms with Crippen LogP contribution in [0.2, 0.25) is 0 Å². The van der Waals surface area contributed by atoms with Gasteiger partial charge in [-0.05, 0) is 77.9 Å². The lowest BCUT2D eigenvalue weighted by Crippen LogP contribution is -2.06. The molecule has 10 nitrogen and oxygen atoms in total. The summed E-state index contributed by atoms with van der Waals surface area (Å²) in [4.78, 5) is 32.1. The lowest BCUT2D eigenvalue weighted by atomic mass is 10.0. The van der Waals surface area contributed by atoms with Crippen LogP contribution in [-0.2, 0) is 0 Å². The third-order valence-electron chi connectivity index (χ3n) is 17.3. The molecule has 410 valence electrons. The van der Waals surface area contributed by atoms with Gasteiger partial charge in [0, 0.05) is 76.7 Å². The highest BCUT2D eigenvalue weighted by atomic mass is 15.2. The number of benzene rings is 12. The quantitative estimate of drug-likeness (QED) is 0.143. The SMILES string of the molecule is c1ccc(-c2nc(-c3ccc(-c4cccc(-c5nc(-c6ccccc6)nc(-n6c7ccccc7c7ccc8c(c9ccccc9n8-c8ccccc8)c76)n5)c4)cc3)nc(-n3c4ccccc4c4ccc5c(c6ccccc6n5-c5ccccc5)c43)n2)cc1. The molecule has 10 heteroatoms. The third-order valence-corrected chi connectivity index (χ3v) is 17.3. The molecule has 0 atom stereocenters. The average molecular weight is 1130 g/mol. The Bertz CT molecular complexity index is 5790. The van der Waals surface area contributed by atoms with Gasteiger partial charge in [-0.1, -0.05) is 224 Å². The number of hydrogen-bond acceptors (Lipinski definition) is 6. The second-order valence-corrected chi connectivity index (χ2v) is 22.2. The molecule has 0 spiro atoms. The van der Waals surface area contributed by atoms with Gasteiger partial charge in [-0.3, -0.25) is 9.13 Å². The molecule has 12 aromatic carbocycles. The first-order chi connectivity index (χ1) is 43.7. The van der Waals surface area contributed by atoms with Crippen molar-refractivity contribution in [2.45, 2.75) is 0 Å². The summed E-state index contributed by atoms with van der Waals surface area (Å²) in [7, 11) is 0. The van der Waals surface area contributed by atoms with Gasteiger partial charge in [-0.2, -0.15) is 19.9 Å². The molecule has 0 radical (unpaired) electrons. The molecule has 18 aromatic rings. The lowest BCUT2D eigenvalue weighted by Gasteiger charge is -2.13. The Morgan fingerprint density at radius 2 is 0.523 bits per heavy atom. The Kier molecular flexibility index (Phi) is 11.1. The van der Waals surface area contributed by atoms with Gasteiger partial charge in [0.25, 0.3) is 0 Å². The van der Waals surface area contributed by atoms with Crippen LogP contribution in [0.25, 0.3) is 167 Å². The Labute approximate surface area is 503 Å². The van der Waals surface area contributed by atoms with Crippen LogP contribution in [0.4, 0.5) is 0 Å². The summed E-state index contributed by atoms with van der Waals surface area (Å²) in [5, 5.41) is 9.03. The minimum absolute atomic E-state index is 0.532. The van der Waals surface area contributed by atoms with Crippen molar-refractivity contribution in [3.05, 3.63) is 291 Å². The van der Waals surface area contributed by atoms with E-state index in [0.29, 0.717) is 35.2 Å². The largest absolute Gasteiger partial charge is 0.309 e. The summed E-state index contributed by atoms with van der Waals surface area (Å²) in [5.41, 5.74) is 16.2. The van der Waals surface area contributed by atoms with Crippen LogP contribution >= 0.6 is 0 Å². The maximum atomic E-state index is 5.47. The Morgan fingerprint density at radius 1 is 0.193 bits per heavy atom. The van der Waals surface area contributed by atoms with E-state index >= 15 is 0 Å². The monoisotopic (exact) mass is 1120 g/mol. The summed E-state index contributed by atoms with van der Waals surface area (Å²) in [5.74, 6) is 3.35. The van der Waals surface area contributed by atoms with Gasteiger partial charge in [-0.15, -0.1) is 0 Å². The van der Waals surface area contributed by atoms with Crippen molar-refractivity contribution in [1.82, 2.24) is 48.2 Å². The number of fused-ring (bicyclic) bond motifs is 14. The molecule has 0 unspecified atom stereocenters. The van der Waals surface area contributed by atoms with E-state index in [0.717, 1.165) is 132 Å². The molecule has 0 bridgehead atoms. The summed E-state index contributed by atoms with van der Waals surface area (Å²) in [6.07, 6.45) is 0. The minimum atomic E-state index is 0.532. The molecule has 6 heterocycles. The zero-order chi connectivity index (χ0) is 57.8. The molecule has 0 aliphatic rings. The Balaban J connectivity index is 0.785. The summed E-state index contributed by atoms with van der Waals surface area (Å²) >= 11 is 0. The van der Waals surface area contributed by atoms with Crippen molar-refractivity contribution in [3.63, 3.8) is 0 Å². The molecule has 0 saturated carbocycles. The van der Waals surface area contributed by atoms with Crippen molar-refractivity contribution in [1.29, 1.82) is 0 Å². The van der Waals surface area contributed by atoms with E-state index in [9.17, 15) is 0 Å². The second-order valence-electron chi connectivity index (χ2n) is 22.2. The Morgan fingerprint density at radius 3 is 0.966 bits per heavy atom. The van der Waals surface area contributed by atoms with E-state index in [1.165, 1.54) is 0 Å². The van der Waals surface area contributed by atoms with E-state index in [4.69, 9.17) is 29.9 Å². The van der Waals surface area contributed by atoms with E-state index in [-0.39, 0.29) is 0 Å². The van der Waals surface area contributed by atoms with E-state index in [1.54, 1.807) is 0 Å². The van der Waals surface area contributed by atoms with Crippen molar-refractivity contribution in [2.24, 2.45) is 0 Å². The van der Waals surface area contributed by atoms with Crippen LogP contribution in [0.3, 0.4) is 0 Å². The van der Waals surface area contributed by atoms with E-state index in [2.05, 4.69) is 273 Å². The predicted molar refractivity (Wildman–Crippen MR) is 358 cm³/mol. The van der Waals surface area contributed by atoms with Gasteiger partial charge >= 0.3 is 0 Å². The van der Waals surface area contributed by atoms with Crippen molar-refractivity contribution < 1.29 is 0 Å². The molecular weight excluding hydrogens is 1080 g/mol. The van der Waals surface area contributed by atoms with Gasteiger partial charge < -0.3 is 9.13 Å². The zero-order valence-corrected chi connectivity index (χ0v) is 47.2. The molecule has 0 aliphatic heterocycles.